The molecule has 0 aliphatic carbocycles. The fraction of sp³-hybridized carbons (Fsp3) is 0.467. The number of thiophene rings is 1. The van der Waals surface area contributed by atoms with Crippen LogP contribution in [0, 0.1) is 6.92 Å². The van der Waals surface area contributed by atoms with Crippen LogP contribution in [0.3, 0.4) is 0 Å². The molecule has 0 saturated heterocycles. The van der Waals surface area contributed by atoms with E-state index in [4.69, 9.17) is 4.52 Å². The third kappa shape index (κ3) is 4.99. The van der Waals surface area contributed by atoms with E-state index < -0.39 is 0 Å². The maximum absolute atomic E-state index is 11.9. The molecule has 5 nitrogen and oxygen atoms in total. The lowest BCUT2D eigenvalue weighted by Gasteiger charge is -2.14. The van der Waals surface area contributed by atoms with Gasteiger partial charge in [-0.05, 0) is 32.5 Å². The van der Waals surface area contributed by atoms with E-state index in [9.17, 15) is 4.79 Å². The summed E-state index contributed by atoms with van der Waals surface area (Å²) >= 11 is 1.75. The Bertz CT molecular complexity index is 591. The maximum Gasteiger partial charge on any atom is 0.234 e. The zero-order chi connectivity index (χ0) is 15.2. The van der Waals surface area contributed by atoms with Gasteiger partial charge < -0.3 is 9.84 Å². The minimum absolute atomic E-state index is 0.0177. The average Bonchev–Trinajstić information content (AvgIpc) is 3.05. The van der Waals surface area contributed by atoms with E-state index >= 15 is 0 Å². The van der Waals surface area contributed by atoms with Gasteiger partial charge in [0.2, 0.25) is 5.91 Å². The molecule has 0 fully saturated rings. The minimum atomic E-state index is 0.0177. The highest BCUT2D eigenvalue weighted by Crippen LogP contribution is 2.16. The van der Waals surface area contributed by atoms with E-state index in [0.29, 0.717) is 19.6 Å². The molecule has 2 rings (SSSR count). The third-order valence-electron chi connectivity index (χ3n) is 3.05. The molecular formula is C15H21N3O2S. The molecule has 0 atom stereocenters. The first-order valence-electron chi connectivity index (χ1n) is 7.02. The van der Waals surface area contributed by atoms with Crippen molar-refractivity contribution in [3.63, 3.8) is 0 Å². The molecule has 114 valence electrons. The molecule has 0 aromatic carbocycles. The second-order valence-electron chi connectivity index (χ2n) is 5.10. The number of rotatable bonds is 7. The van der Waals surface area contributed by atoms with Crippen molar-refractivity contribution in [3.8, 4) is 0 Å². The molecule has 1 amide bonds. The summed E-state index contributed by atoms with van der Waals surface area (Å²) in [6.45, 7) is 5.53. The van der Waals surface area contributed by atoms with Crippen LogP contribution in [0.4, 0.5) is 0 Å². The summed E-state index contributed by atoms with van der Waals surface area (Å²) in [6.07, 6.45) is 1.04. The van der Waals surface area contributed by atoms with Gasteiger partial charge in [0.25, 0.3) is 0 Å². The fourth-order valence-electron chi connectivity index (χ4n) is 2.02. The second kappa shape index (κ2) is 7.38. The van der Waals surface area contributed by atoms with E-state index in [0.717, 1.165) is 17.9 Å². The van der Waals surface area contributed by atoms with Crippen molar-refractivity contribution < 1.29 is 9.32 Å². The van der Waals surface area contributed by atoms with E-state index in [1.54, 1.807) is 11.3 Å². The summed E-state index contributed by atoms with van der Waals surface area (Å²) in [7, 11) is 1.89. The van der Waals surface area contributed by atoms with Gasteiger partial charge in [0.15, 0.2) is 0 Å². The van der Waals surface area contributed by atoms with Crippen LogP contribution in [-0.2, 0) is 24.3 Å². The molecule has 0 aliphatic rings. The first kappa shape index (κ1) is 15.7. The average molecular weight is 307 g/mol. The summed E-state index contributed by atoms with van der Waals surface area (Å²) in [5.41, 5.74) is 0.841. The number of aromatic nitrogens is 1. The minimum Gasteiger partial charge on any atom is -0.361 e. The monoisotopic (exact) mass is 307 g/mol. The van der Waals surface area contributed by atoms with Crippen LogP contribution < -0.4 is 5.32 Å². The quantitative estimate of drug-likeness (QED) is 0.853. The summed E-state index contributed by atoms with van der Waals surface area (Å²) in [5, 5.41) is 6.87. The maximum atomic E-state index is 11.9. The number of likely N-dealkylation sites (N-methyl/N-ethyl adjacent to an activating group) is 1. The molecule has 21 heavy (non-hydrogen) atoms. The Morgan fingerprint density at radius 2 is 2.19 bits per heavy atom. The van der Waals surface area contributed by atoms with Crippen molar-refractivity contribution >= 4 is 17.2 Å². The van der Waals surface area contributed by atoms with Gasteiger partial charge in [-0.15, -0.1) is 11.3 Å². The molecule has 1 N–H and O–H groups in total. The van der Waals surface area contributed by atoms with E-state index in [2.05, 4.69) is 29.5 Å². The molecule has 0 radical (unpaired) electrons. The summed E-state index contributed by atoms with van der Waals surface area (Å²) in [4.78, 5) is 16.4. The number of hydrogen-bond donors (Lipinski definition) is 1. The number of nitrogens with one attached hydrogen (secondary N) is 1. The number of nitrogens with zero attached hydrogens (tertiary/aromatic N) is 2. The predicted molar refractivity (Wildman–Crippen MR) is 83.1 cm³/mol. The lowest BCUT2D eigenvalue weighted by molar-refractivity contribution is -0.122. The largest absolute Gasteiger partial charge is 0.361 e. The Balaban J connectivity index is 1.73. The Kier molecular flexibility index (Phi) is 5.52. The van der Waals surface area contributed by atoms with Crippen molar-refractivity contribution in [1.82, 2.24) is 15.4 Å². The highest BCUT2D eigenvalue weighted by molar-refractivity contribution is 7.11. The molecule has 2 heterocycles. The van der Waals surface area contributed by atoms with E-state index in [-0.39, 0.29) is 5.91 Å². The Hall–Kier alpha value is -1.66. The molecule has 0 spiro atoms. The lowest BCUT2D eigenvalue weighted by Crippen LogP contribution is -2.34. The molecular weight excluding hydrogens is 286 g/mol. The molecule has 0 bridgehead atoms. The standard InChI is InChI=1S/C15H21N3O2S/c1-4-13-5-6-14(21-13)8-16-15(19)10-18(3)9-12-7-11(2)20-17-12/h5-7H,4,8-10H2,1-3H3,(H,16,19). The number of carbonyl (C=O) groups is 1. The topological polar surface area (TPSA) is 58.4 Å². The SMILES string of the molecule is CCc1ccc(CNC(=O)CN(C)Cc2cc(C)on2)s1. The molecule has 2 aromatic heterocycles. The summed E-state index contributed by atoms with van der Waals surface area (Å²) < 4.78 is 5.01. The van der Waals surface area contributed by atoms with Crippen LogP contribution in [0.1, 0.15) is 28.1 Å². The first-order valence-corrected chi connectivity index (χ1v) is 7.83. The smallest absolute Gasteiger partial charge is 0.234 e. The van der Waals surface area contributed by atoms with Crippen LogP contribution in [0.2, 0.25) is 0 Å². The highest BCUT2D eigenvalue weighted by atomic mass is 32.1. The number of aryl methyl sites for hydroxylation is 2. The zero-order valence-electron chi connectivity index (χ0n) is 12.7. The van der Waals surface area contributed by atoms with Gasteiger partial charge >= 0.3 is 0 Å². The van der Waals surface area contributed by atoms with Gasteiger partial charge in [-0.25, -0.2) is 0 Å². The van der Waals surface area contributed by atoms with Gasteiger partial charge in [-0.3, -0.25) is 9.69 Å². The van der Waals surface area contributed by atoms with Gasteiger partial charge in [0.05, 0.1) is 18.8 Å². The van der Waals surface area contributed by atoms with Crippen LogP contribution in [-0.4, -0.2) is 29.6 Å². The van der Waals surface area contributed by atoms with Crippen molar-refractivity contribution in [2.75, 3.05) is 13.6 Å². The molecule has 2 aromatic rings. The van der Waals surface area contributed by atoms with Gasteiger partial charge in [0, 0.05) is 22.4 Å². The Morgan fingerprint density at radius 1 is 1.43 bits per heavy atom. The number of amides is 1. The van der Waals surface area contributed by atoms with Gasteiger partial charge in [0.1, 0.15) is 5.76 Å². The molecule has 0 unspecified atom stereocenters. The summed E-state index contributed by atoms with van der Waals surface area (Å²) in [6, 6.07) is 6.07. The van der Waals surface area contributed by atoms with Crippen LogP contribution in [0.25, 0.3) is 0 Å². The first-order chi connectivity index (χ1) is 10.1. The zero-order valence-corrected chi connectivity index (χ0v) is 13.5. The van der Waals surface area contributed by atoms with Gasteiger partial charge in [-0.1, -0.05) is 12.1 Å². The van der Waals surface area contributed by atoms with Crippen LogP contribution >= 0.6 is 11.3 Å². The van der Waals surface area contributed by atoms with E-state index in [1.807, 2.05) is 24.9 Å². The van der Waals surface area contributed by atoms with E-state index in [1.165, 1.54) is 9.75 Å². The second-order valence-corrected chi connectivity index (χ2v) is 6.35. The van der Waals surface area contributed by atoms with Crippen molar-refractivity contribution in [3.05, 3.63) is 39.4 Å². The molecule has 0 aliphatic heterocycles. The Labute approximate surface area is 128 Å². The predicted octanol–water partition coefficient (Wildman–Crippen LogP) is 2.36. The molecule has 0 saturated carbocycles. The van der Waals surface area contributed by atoms with Gasteiger partial charge in [-0.2, -0.15) is 0 Å². The number of carbonyl (C=O) groups excluding carboxylic acids is 1. The highest BCUT2D eigenvalue weighted by Gasteiger charge is 2.09. The fourth-order valence-corrected chi connectivity index (χ4v) is 2.92. The van der Waals surface area contributed by atoms with Crippen LogP contribution in [0.5, 0.6) is 0 Å². The summed E-state index contributed by atoms with van der Waals surface area (Å²) in [5.74, 6) is 0.802. The lowest BCUT2D eigenvalue weighted by atomic mass is 10.3. The normalized spacial score (nSPS) is 11.0. The van der Waals surface area contributed by atoms with Crippen LogP contribution in [0.15, 0.2) is 22.7 Å². The van der Waals surface area contributed by atoms with Crippen molar-refractivity contribution in [1.29, 1.82) is 0 Å². The Morgan fingerprint density at radius 3 is 2.81 bits per heavy atom. The number of hydrogen-bond acceptors (Lipinski definition) is 5. The third-order valence-corrected chi connectivity index (χ3v) is 4.28. The van der Waals surface area contributed by atoms with Crippen molar-refractivity contribution in [2.45, 2.75) is 33.4 Å². The molecule has 6 heteroatoms. The van der Waals surface area contributed by atoms with Crippen molar-refractivity contribution in [2.24, 2.45) is 0 Å².